The smallest absolute Gasteiger partial charge is 0.266 e. The van der Waals surface area contributed by atoms with Gasteiger partial charge in [-0.2, -0.15) is 0 Å². The van der Waals surface area contributed by atoms with Gasteiger partial charge in [0.1, 0.15) is 0 Å². The molecule has 1 aliphatic rings. The van der Waals surface area contributed by atoms with Gasteiger partial charge in [-0.15, -0.1) is 24.8 Å². The minimum absolute atomic E-state index is 0. The molecule has 0 aromatic carbocycles. The van der Waals surface area contributed by atoms with E-state index in [1.54, 1.807) is 4.52 Å². The Morgan fingerprint density at radius 3 is 2.80 bits per heavy atom. The zero-order valence-electron chi connectivity index (χ0n) is 14.6. The second-order valence-corrected chi connectivity index (χ2v) is 6.37. The van der Waals surface area contributed by atoms with Gasteiger partial charge in [0.15, 0.2) is 5.65 Å². The first kappa shape index (κ1) is 21.5. The van der Waals surface area contributed by atoms with E-state index in [4.69, 9.17) is 0 Å². The van der Waals surface area contributed by atoms with Crippen molar-refractivity contribution in [3.63, 3.8) is 0 Å². The number of H-pyrrole nitrogens is 1. The number of hydrogen-bond acceptors (Lipinski definition) is 4. The highest BCUT2D eigenvalue weighted by atomic mass is 35.5. The van der Waals surface area contributed by atoms with Crippen molar-refractivity contribution in [2.24, 2.45) is 5.92 Å². The molecular formula is C16H25Cl2N5O2. The largest absolute Gasteiger partial charge is 0.352 e. The van der Waals surface area contributed by atoms with Gasteiger partial charge in [-0.1, -0.05) is 0 Å². The van der Waals surface area contributed by atoms with Crippen molar-refractivity contribution in [1.82, 2.24) is 25.2 Å². The molecule has 0 radical (unpaired) electrons. The Morgan fingerprint density at radius 2 is 2.12 bits per heavy atom. The molecule has 1 aliphatic heterocycles. The molecular weight excluding hydrogens is 365 g/mol. The molecule has 3 rings (SSSR count). The Kier molecular flexibility index (Phi) is 7.46. The standard InChI is InChI=1S/C16H23N5O2.2ClH/c1-9-6-12(4-5-17-9)16(23)18-8-13-10(2)19-14-7-15(22)20-21(14)11(13)3;;/h7,9,12,17H,4-6,8H2,1-3H3,(H,18,23)(H,20,22);2*1H/t9-,12-;;/m0../s1. The second-order valence-electron chi connectivity index (χ2n) is 6.37. The van der Waals surface area contributed by atoms with Gasteiger partial charge in [0.05, 0.1) is 0 Å². The van der Waals surface area contributed by atoms with Crippen LogP contribution in [0.15, 0.2) is 10.9 Å². The van der Waals surface area contributed by atoms with E-state index >= 15 is 0 Å². The molecule has 2 atom stereocenters. The summed E-state index contributed by atoms with van der Waals surface area (Å²) in [5, 5.41) is 9.11. The van der Waals surface area contributed by atoms with Gasteiger partial charge in [-0.25, -0.2) is 9.50 Å². The number of nitrogens with one attached hydrogen (secondary N) is 3. The predicted molar refractivity (Wildman–Crippen MR) is 102 cm³/mol. The van der Waals surface area contributed by atoms with Crippen LogP contribution < -0.4 is 16.2 Å². The maximum absolute atomic E-state index is 12.4. The highest BCUT2D eigenvalue weighted by molar-refractivity contribution is 5.85. The van der Waals surface area contributed by atoms with Gasteiger partial charge < -0.3 is 10.6 Å². The fraction of sp³-hybridized carbons (Fsp3) is 0.562. The van der Waals surface area contributed by atoms with E-state index in [0.717, 1.165) is 36.3 Å². The van der Waals surface area contributed by atoms with E-state index in [9.17, 15) is 9.59 Å². The van der Waals surface area contributed by atoms with Crippen LogP contribution in [0.3, 0.4) is 0 Å². The van der Waals surface area contributed by atoms with Crippen LogP contribution in [0.2, 0.25) is 0 Å². The lowest BCUT2D eigenvalue weighted by molar-refractivity contribution is -0.126. The van der Waals surface area contributed by atoms with E-state index < -0.39 is 0 Å². The van der Waals surface area contributed by atoms with Crippen LogP contribution in [-0.2, 0) is 11.3 Å². The van der Waals surface area contributed by atoms with Gasteiger partial charge in [0.2, 0.25) is 5.91 Å². The number of nitrogens with zero attached hydrogens (tertiary/aromatic N) is 2. The summed E-state index contributed by atoms with van der Waals surface area (Å²) in [4.78, 5) is 28.3. The summed E-state index contributed by atoms with van der Waals surface area (Å²) < 4.78 is 1.67. The summed E-state index contributed by atoms with van der Waals surface area (Å²) in [6, 6.07) is 1.85. The van der Waals surface area contributed by atoms with Gasteiger partial charge in [0, 0.05) is 41.5 Å². The summed E-state index contributed by atoms with van der Waals surface area (Å²) in [6.07, 6.45) is 1.74. The lowest BCUT2D eigenvalue weighted by Crippen LogP contribution is -2.42. The summed E-state index contributed by atoms with van der Waals surface area (Å²) in [7, 11) is 0. The fourth-order valence-corrected chi connectivity index (χ4v) is 3.30. The Labute approximate surface area is 158 Å². The molecule has 1 saturated heterocycles. The molecule has 2 aromatic heterocycles. The number of aromatic amines is 1. The molecule has 0 saturated carbocycles. The number of hydrogen-bond donors (Lipinski definition) is 3. The van der Waals surface area contributed by atoms with Crippen molar-refractivity contribution >= 4 is 36.4 Å². The van der Waals surface area contributed by atoms with E-state index in [2.05, 4.69) is 27.6 Å². The van der Waals surface area contributed by atoms with E-state index in [1.807, 2.05) is 13.8 Å². The number of carbonyl (C=O) groups is 1. The summed E-state index contributed by atoms with van der Waals surface area (Å²) in [5.41, 5.74) is 3.10. The molecule has 3 N–H and O–H groups in total. The van der Waals surface area contributed by atoms with E-state index in [0.29, 0.717) is 18.2 Å². The van der Waals surface area contributed by atoms with Crippen LogP contribution in [0.5, 0.6) is 0 Å². The van der Waals surface area contributed by atoms with Crippen molar-refractivity contribution in [1.29, 1.82) is 0 Å². The average molecular weight is 390 g/mol. The van der Waals surface area contributed by atoms with Crippen molar-refractivity contribution in [3.8, 4) is 0 Å². The van der Waals surface area contributed by atoms with Crippen molar-refractivity contribution < 1.29 is 4.79 Å². The van der Waals surface area contributed by atoms with Crippen LogP contribution in [0.4, 0.5) is 0 Å². The van der Waals surface area contributed by atoms with Crippen molar-refractivity contribution in [3.05, 3.63) is 33.4 Å². The predicted octanol–water partition coefficient (Wildman–Crippen LogP) is 1.49. The highest BCUT2D eigenvalue weighted by Gasteiger charge is 2.24. The fourth-order valence-electron chi connectivity index (χ4n) is 3.30. The lowest BCUT2D eigenvalue weighted by atomic mass is 9.92. The van der Waals surface area contributed by atoms with Crippen LogP contribution in [0, 0.1) is 19.8 Å². The summed E-state index contributed by atoms with van der Waals surface area (Å²) in [5.74, 6) is 0.160. The highest BCUT2D eigenvalue weighted by Crippen LogP contribution is 2.17. The summed E-state index contributed by atoms with van der Waals surface area (Å²) >= 11 is 0. The number of rotatable bonds is 3. The van der Waals surface area contributed by atoms with Gasteiger partial charge in [-0.3, -0.25) is 14.7 Å². The third-order valence-corrected chi connectivity index (χ3v) is 4.64. The first-order chi connectivity index (χ1) is 11.0. The zero-order valence-corrected chi connectivity index (χ0v) is 16.2. The molecule has 1 amide bonds. The van der Waals surface area contributed by atoms with E-state index in [1.165, 1.54) is 6.07 Å². The first-order valence-electron chi connectivity index (χ1n) is 8.04. The van der Waals surface area contributed by atoms with Crippen molar-refractivity contribution in [2.75, 3.05) is 6.54 Å². The summed E-state index contributed by atoms with van der Waals surface area (Å²) in [6.45, 7) is 7.24. The molecule has 3 heterocycles. The SMILES string of the molecule is Cc1nc2cc(=O)[nH]n2c(C)c1CNC(=O)[C@H]1CCN[C@@H](C)C1.Cl.Cl. The van der Waals surface area contributed by atoms with E-state index in [-0.39, 0.29) is 42.2 Å². The Bertz CT molecular complexity index is 802. The maximum Gasteiger partial charge on any atom is 0.266 e. The molecule has 140 valence electrons. The number of aromatic nitrogens is 3. The van der Waals surface area contributed by atoms with Crippen LogP contribution in [0.25, 0.3) is 5.65 Å². The number of amides is 1. The number of fused-ring (bicyclic) bond motifs is 1. The quantitative estimate of drug-likeness (QED) is 0.741. The average Bonchev–Trinajstić information content (AvgIpc) is 2.87. The van der Waals surface area contributed by atoms with Gasteiger partial charge >= 0.3 is 0 Å². The molecule has 0 bridgehead atoms. The third-order valence-electron chi connectivity index (χ3n) is 4.64. The molecule has 0 spiro atoms. The molecule has 25 heavy (non-hydrogen) atoms. The molecule has 7 nitrogen and oxygen atoms in total. The molecule has 2 aromatic rings. The number of piperidine rings is 1. The van der Waals surface area contributed by atoms with Crippen LogP contribution in [0.1, 0.15) is 36.7 Å². The second kappa shape index (κ2) is 8.69. The minimum Gasteiger partial charge on any atom is -0.352 e. The molecule has 0 aliphatic carbocycles. The Balaban J connectivity index is 0.00000156. The lowest BCUT2D eigenvalue weighted by Gasteiger charge is -2.27. The Morgan fingerprint density at radius 1 is 1.40 bits per heavy atom. The van der Waals surface area contributed by atoms with Gasteiger partial charge in [-0.05, 0) is 40.2 Å². The van der Waals surface area contributed by atoms with Crippen LogP contribution in [-0.4, -0.2) is 33.1 Å². The monoisotopic (exact) mass is 389 g/mol. The first-order valence-corrected chi connectivity index (χ1v) is 8.04. The molecule has 0 unspecified atom stereocenters. The zero-order chi connectivity index (χ0) is 16.6. The Hall–Kier alpha value is -1.57. The number of halogens is 2. The van der Waals surface area contributed by atoms with Crippen molar-refractivity contribution in [2.45, 2.75) is 46.2 Å². The normalized spacial score (nSPS) is 19.8. The topological polar surface area (TPSA) is 91.3 Å². The maximum atomic E-state index is 12.4. The van der Waals surface area contributed by atoms with Gasteiger partial charge in [0.25, 0.3) is 5.56 Å². The minimum atomic E-state index is -0.176. The van der Waals surface area contributed by atoms with Crippen LogP contribution >= 0.6 is 24.8 Å². The molecule has 9 heteroatoms. The molecule has 1 fully saturated rings. The third kappa shape index (κ3) is 4.54. The number of aryl methyl sites for hydroxylation is 2. The number of carbonyl (C=O) groups excluding carboxylic acids is 1.